The molecule has 0 saturated carbocycles. The molecule has 9 heteroatoms. The zero-order valence-electron chi connectivity index (χ0n) is 22.9. The summed E-state index contributed by atoms with van der Waals surface area (Å²) in [5.74, 6) is -1.58. The summed E-state index contributed by atoms with van der Waals surface area (Å²) in [5.41, 5.74) is 2.61. The number of Topliss-reactive ketones (excluding diaryl/α,β-unsaturated/α-hetero) is 1. The predicted octanol–water partition coefficient (Wildman–Crippen LogP) is 3.54. The summed E-state index contributed by atoms with van der Waals surface area (Å²) in [6, 6.07) is 26.0. The Labute approximate surface area is 239 Å². The molecule has 1 fully saturated rings. The molecule has 0 radical (unpaired) electrons. The van der Waals surface area contributed by atoms with Gasteiger partial charge in [-0.05, 0) is 36.5 Å². The van der Waals surface area contributed by atoms with E-state index in [1.54, 1.807) is 6.92 Å². The minimum Gasteiger partial charge on any atom is -0.464 e. The summed E-state index contributed by atoms with van der Waals surface area (Å²) in [7, 11) is 0. The second-order valence-electron chi connectivity index (χ2n) is 9.67. The summed E-state index contributed by atoms with van der Waals surface area (Å²) >= 11 is 0. The molecule has 1 aliphatic rings. The molecule has 0 aliphatic carbocycles. The van der Waals surface area contributed by atoms with Crippen LogP contribution in [0.4, 0.5) is 4.79 Å². The molecule has 4 atom stereocenters. The largest absolute Gasteiger partial charge is 0.464 e. The molecule has 0 bridgehead atoms. The van der Waals surface area contributed by atoms with Gasteiger partial charge < -0.3 is 24.8 Å². The smallest absolute Gasteiger partial charge is 0.408 e. The molecule has 0 aromatic heterocycles. The summed E-state index contributed by atoms with van der Waals surface area (Å²) in [4.78, 5) is 51.8. The van der Waals surface area contributed by atoms with Gasteiger partial charge in [-0.1, -0.05) is 91.0 Å². The van der Waals surface area contributed by atoms with Gasteiger partial charge in [0.15, 0.2) is 18.0 Å². The molecule has 0 unspecified atom stereocenters. The molecule has 3 aromatic carbocycles. The second kappa shape index (κ2) is 14.8. The topological polar surface area (TPSA) is 123 Å². The lowest BCUT2D eigenvalue weighted by Gasteiger charge is -2.23. The van der Waals surface area contributed by atoms with Gasteiger partial charge in [0.25, 0.3) is 0 Å². The molecule has 4 rings (SSSR count). The third kappa shape index (κ3) is 9.01. The van der Waals surface area contributed by atoms with Gasteiger partial charge in [0.05, 0.1) is 12.6 Å². The van der Waals surface area contributed by atoms with E-state index in [1.807, 2.05) is 91.0 Å². The number of ether oxygens (including phenoxy) is 3. The fourth-order valence-electron chi connectivity index (χ4n) is 4.41. The first-order valence-corrected chi connectivity index (χ1v) is 13.7. The molecule has 2 N–H and O–H groups in total. The van der Waals surface area contributed by atoms with E-state index in [0.29, 0.717) is 6.42 Å². The number of rotatable bonds is 14. The van der Waals surface area contributed by atoms with Crippen molar-refractivity contribution in [2.24, 2.45) is 0 Å². The lowest BCUT2D eigenvalue weighted by atomic mass is 9.98. The zero-order valence-corrected chi connectivity index (χ0v) is 22.9. The predicted molar refractivity (Wildman–Crippen MR) is 151 cm³/mol. The number of benzene rings is 3. The van der Waals surface area contributed by atoms with E-state index >= 15 is 0 Å². The fourth-order valence-corrected chi connectivity index (χ4v) is 4.41. The van der Waals surface area contributed by atoms with Gasteiger partial charge in [-0.2, -0.15) is 0 Å². The van der Waals surface area contributed by atoms with Crippen LogP contribution in [0.5, 0.6) is 0 Å². The van der Waals surface area contributed by atoms with Crippen molar-refractivity contribution in [3.05, 3.63) is 108 Å². The van der Waals surface area contributed by atoms with Crippen LogP contribution in [0.2, 0.25) is 0 Å². The molecular formula is C32H34N2O7. The first-order valence-electron chi connectivity index (χ1n) is 13.7. The molecule has 1 aliphatic heterocycles. The Balaban J connectivity index is 1.46. The summed E-state index contributed by atoms with van der Waals surface area (Å²) in [6.45, 7) is 1.88. The van der Waals surface area contributed by atoms with E-state index in [4.69, 9.17) is 14.2 Å². The molecular weight excluding hydrogens is 524 g/mol. The maximum Gasteiger partial charge on any atom is 0.408 e. The van der Waals surface area contributed by atoms with Crippen LogP contribution in [0.25, 0.3) is 0 Å². The minimum atomic E-state index is -1.02. The van der Waals surface area contributed by atoms with Crippen molar-refractivity contribution in [2.75, 3.05) is 6.61 Å². The molecule has 3 aromatic rings. The van der Waals surface area contributed by atoms with E-state index in [2.05, 4.69) is 10.6 Å². The van der Waals surface area contributed by atoms with Crippen molar-refractivity contribution in [1.29, 1.82) is 0 Å². The highest BCUT2D eigenvalue weighted by Crippen LogP contribution is 2.26. The Morgan fingerprint density at radius 3 is 1.93 bits per heavy atom. The van der Waals surface area contributed by atoms with Crippen LogP contribution < -0.4 is 10.6 Å². The van der Waals surface area contributed by atoms with Crippen LogP contribution in [-0.4, -0.2) is 54.7 Å². The van der Waals surface area contributed by atoms with Crippen LogP contribution in [0.15, 0.2) is 91.0 Å². The quantitative estimate of drug-likeness (QED) is 0.229. The van der Waals surface area contributed by atoms with Crippen LogP contribution in [0.1, 0.15) is 30.0 Å². The number of amides is 2. The lowest BCUT2D eigenvalue weighted by Crippen LogP contribution is -2.53. The molecule has 214 valence electrons. The van der Waals surface area contributed by atoms with Crippen molar-refractivity contribution in [3.8, 4) is 0 Å². The molecule has 9 nitrogen and oxygen atoms in total. The van der Waals surface area contributed by atoms with E-state index in [1.165, 1.54) is 0 Å². The second-order valence-corrected chi connectivity index (χ2v) is 9.67. The number of hydrogen-bond donors (Lipinski definition) is 2. The summed E-state index contributed by atoms with van der Waals surface area (Å²) < 4.78 is 15.7. The van der Waals surface area contributed by atoms with Gasteiger partial charge in [-0.25, -0.2) is 9.59 Å². The lowest BCUT2D eigenvalue weighted by molar-refractivity contribution is -0.144. The first-order chi connectivity index (χ1) is 19.9. The van der Waals surface area contributed by atoms with Crippen molar-refractivity contribution in [3.63, 3.8) is 0 Å². The van der Waals surface area contributed by atoms with Crippen molar-refractivity contribution < 1.29 is 33.4 Å². The Bertz CT molecular complexity index is 1300. The Morgan fingerprint density at radius 1 is 0.732 bits per heavy atom. The Kier molecular flexibility index (Phi) is 10.6. The number of carbonyl (C=O) groups excluding carboxylic acids is 4. The van der Waals surface area contributed by atoms with Crippen molar-refractivity contribution in [2.45, 2.75) is 57.1 Å². The van der Waals surface area contributed by atoms with Gasteiger partial charge in [-0.15, -0.1) is 0 Å². The van der Waals surface area contributed by atoms with Crippen molar-refractivity contribution >= 4 is 23.8 Å². The minimum absolute atomic E-state index is 0.0405. The van der Waals surface area contributed by atoms with E-state index < -0.39 is 48.0 Å². The number of alkyl carbamates (subject to hydrolysis) is 1. The average molecular weight is 559 g/mol. The van der Waals surface area contributed by atoms with Gasteiger partial charge in [0.1, 0.15) is 12.6 Å². The first kappa shape index (κ1) is 29.5. The van der Waals surface area contributed by atoms with Gasteiger partial charge in [0, 0.05) is 6.42 Å². The summed E-state index contributed by atoms with van der Waals surface area (Å²) in [6.07, 6.45) is -1.77. The van der Waals surface area contributed by atoms with Crippen LogP contribution in [0, 0.1) is 0 Å². The number of aryl methyl sites for hydroxylation is 1. The SMILES string of the molecule is CCOC(=O)[C@@H]1O[C@H]1C(=O)[C@H](CCc1ccccc1)NC(=O)[C@H](Cc1ccccc1)NC(=O)OCc1ccccc1. The molecule has 1 saturated heterocycles. The van der Waals surface area contributed by atoms with E-state index in [0.717, 1.165) is 16.7 Å². The number of hydrogen-bond acceptors (Lipinski definition) is 7. The third-order valence-corrected chi connectivity index (χ3v) is 6.62. The Morgan fingerprint density at radius 2 is 1.32 bits per heavy atom. The maximum absolute atomic E-state index is 13.6. The standard InChI is InChI=1S/C32H34N2O7/c1-2-39-31(37)29-28(41-29)27(35)25(19-18-22-12-6-3-7-13-22)33-30(36)26(20-23-14-8-4-9-15-23)34-32(38)40-21-24-16-10-5-11-17-24/h3-17,25-26,28-29H,2,18-21H2,1H3,(H,33,36)(H,34,38)/t25-,26-,28-,29+/m0/s1. The van der Waals surface area contributed by atoms with Crippen LogP contribution >= 0.6 is 0 Å². The number of epoxide rings is 1. The number of ketones is 1. The molecule has 2 amide bonds. The summed E-state index contributed by atoms with van der Waals surface area (Å²) in [5, 5.41) is 5.46. The van der Waals surface area contributed by atoms with Crippen LogP contribution in [-0.2, 0) is 48.0 Å². The number of nitrogens with one attached hydrogen (secondary N) is 2. The van der Waals surface area contributed by atoms with Gasteiger partial charge in [0.2, 0.25) is 5.91 Å². The zero-order chi connectivity index (χ0) is 29.0. The monoisotopic (exact) mass is 558 g/mol. The highest BCUT2D eigenvalue weighted by molar-refractivity contribution is 5.99. The Hall–Kier alpha value is -4.50. The van der Waals surface area contributed by atoms with Crippen LogP contribution in [0.3, 0.4) is 0 Å². The average Bonchev–Trinajstić information content (AvgIpc) is 3.80. The number of esters is 1. The maximum atomic E-state index is 13.6. The van der Waals surface area contributed by atoms with E-state index in [9.17, 15) is 19.2 Å². The van der Waals surface area contributed by atoms with Gasteiger partial charge in [-0.3, -0.25) is 9.59 Å². The van der Waals surface area contributed by atoms with Crippen molar-refractivity contribution in [1.82, 2.24) is 10.6 Å². The highest BCUT2D eigenvalue weighted by atomic mass is 16.6. The normalized spacial score (nSPS) is 17.0. The number of carbonyl (C=O) groups is 4. The van der Waals surface area contributed by atoms with Gasteiger partial charge >= 0.3 is 12.1 Å². The molecule has 1 heterocycles. The highest BCUT2D eigenvalue weighted by Gasteiger charge is 2.53. The molecule has 41 heavy (non-hydrogen) atoms. The molecule has 0 spiro atoms. The fraction of sp³-hybridized carbons (Fsp3) is 0.312. The third-order valence-electron chi connectivity index (χ3n) is 6.62. The van der Waals surface area contributed by atoms with E-state index in [-0.39, 0.29) is 26.1 Å².